The fourth-order valence-corrected chi connectivity index (χ4v) is 2.25. The van der Waals surface area contributed by atoms with E-state index in [-0.39, 0.29) is 11.9 Å². The van der Waals surface area contributed by atoms with Crippen LogP contribution in [0.2, 0.25) is 0 Å². The summed E-state index contributed by atoms with van der Waals surface area (Å²) in [5.74, 6) is 0.177. The highest BCUT2D eigenvalue weighted by molar-refractivity contribution is 5.93. The van der Waals surface area contributed by atoms with Gasteiger partial charge in [-0.3, -0.25) is 0 Å². The molecule has 0 spiro atoms. The number of rotatable bonds is 3. The number of nitrogens with two attached hydrogens (primary N) is 3. The number of guanidine groups is 1. The van der Waals surface area contributed by atoms with Crippen LogP contribution in [-0.4, -0.2) is 15.9 Å². The third-order valence-corrected chi connectivity index (χ3v) is 3.28. The molecular weight excluding hydrogens is 276 g/mol. The van der Waals surface area contributed by atoms with Gasteiger partial charge in [0, 0.05) is 17.5 Å². The van der Waals surface area contributed by atoms with Gasteiger partial charge in [0.05, 0.1) is 11.2 Å². The molecule has 6 heteroatoms. The topological polar surface area (TPSA) is 116 Å². The zero-order valence-electron chi connectivity index (χ0n) is 11.9. The van der Waals surface area contributed by atoms with Gasteiger partial charge in [-0.1, -0.05) is 42.5 Å². The van der Waals surface area contributed by atoms with Crippen molar-refractivity contribution < 1.29 is 0 Å². The summed E-state index contributed by atoms with van der Waals surface area (Å²) < 4.78 is 0. The first-order chi connectivity index (χ1) is 10.7. The zero-order valence-corrected chi connectivity index (χ0v) is 11.9. The molecule has 1 aromatic heterocycles. The lowest BCUT2D eigenvalue weighted by Gasteiger charge is -2.07. The molecule has 0 atom stereocenters. The van der Waals surface area contributed by atoms with Crippen LogP contribution in [0.1, 0.15) is 5.56 Å². The molecule has 2 aromatic carbocycles. The molecular formula is C16H16N6. The van der Waals surface area contributed by atoms with Crippen molar-refractivity contribution in [3.05, 3.63) is 54.1 Å². The van der Waals surface area contributed by atoms with Gasteiger partial charge in [-0.05, 0) is 11.6 Å². The van der Waals surface area contributed by atoms with Crippen molar-refractivity contribution in [1.82, 2.24) is 9.97 Å². The van der Waals surface area contributed by atoms with Gasteiger partial charge >= 0.3 is 0 Å². The minimum atomic E-state index is -0.0697. The lowest BCUT2D eigenvalue weighted by atomic mass is 10.0. The van der Waals surface area contributed by atoms with Crippen LogP contribution in [0.3, 0.4) is 0 Å². The van der Waals surface area contributed by atoms with Gasteiger partial charge in [0.15, 0.2) is 5.96 Å². The number of hydrogen-bond acceptors (Lipinski definition) is 4. The van der Waals surface area contributed by atoms with Crippen LogP contribution >= 0.6 is 0 Å². The Balaban J connectivity index is 2.23. The molecule has 6 N–H and O–H groups in total. The Kier molecular flexibility index (Phi) is 3.67. The van der Waals surface area contributed by atoms with E-state index in [0.717, 1.165) is 27.7 Å². The van der Waals surface area contributed by atoms with E-state index >= 15 is 0 Å². The smallest absolute Gasteiger partial charge is 0.253 e. The number of para-hydroxylation sites is 1. The predicted molar refractivity (Wildman–Crippen MR) is 88.3 cm³/mol. The van der Waals surface area contributed by atoms with Gasteiger partial charge in [-0.25, -0.2) is 9.97 Å². The van der Waals surface area contributed by atoms with Crippen molar-refractivity contribution in [3.8, 4) is 11.3 Å². The Morgan fingerprint density at radius 3 is 2.36 bits per heavy atom. The van der Waals surface area contributed by atoms with Gasteiger partial charge in [-0.15, -0.1) is 0 Å². The molecule has 3 rings (SSSR count). The molecule has 0 bridgehead atoms. The fraction of sp³-hybridized carbons (Fsp3) is 0.0625. The first kappa shape index (κ1) is 14.0. The molecule has 0 aliphatic carbocycles. The second-order valence-corrected chi connectivity index (χ2v) is 4.83. The number of hydrogen-bond donors (Lipinski definition) is 3. The molecule has 0 radical (unpaired) electrons. The van der Waals surface area contributed by atoms with Crippen LogP contribution in [0.15, 0.2) is 53.5 Å². The molecule has 3 aromatic rings. The molecule has 0 saturated carbocycles. The van der Waals surface area contributed by atoms with Crippen molar-refractivity contribution in [2.45, 2.75) is 6.54 Å². The lowest BCUT2D eigenvalue weighted by molar-refractivity contribution is 1.07. The summed E-state index contributed by atoms with van der Waals surface area (Å²) in [6.45, 7) is 0.504. The van der Waals surface area contributed by atoms with Crippen LogP contribution in [0, 0.1) is 0 Å². The molecule has 0 amide bonds. The Hall–Kier alpha value is -2.99. The van der Waals surface area contributed by atoms with Crippen LogP contribution in [0.4, 0.5) is 5.95 Å². The molecule has 6 nitrogen and oxygen atoms in total. The number of benzene rings is 2. The summed E-state index contributed by atoms with van der Waals surface area (Å²) in [4.78, 5) is 12.8. The maximum Gasteiger partial charge on any atom is 0.253 e. The average molecular weight is 292 g/mol. The Labute approximate surface area is 127 Å². The zero-order chi connectivity index (χ0) is 15.5. The summed E-state index contributed by atoms with van der Waals surface area (Å²) in [5.41, 5.74) is 20.1. The van der Waals surface area contributed by atoms with Crippen LogP contribution in [-0.2, 0) is 6.54 Å². The summed E-state index contributed by atoms with van der Waals surface area (Å²) in [6.07, 6.45) is 0. The SMILES string of the molecule is NCc1ccc(-c2nc(N=C(N)N)nc3ccccc23)cc1. The number of fused-ring (bicyclic) bond motifs is 1. The minimum absolute atomic E-state index is 0.0697. The number of aliphatic imine (C=N–C) groups is 1. The standard InChI is InChI=1S/C16H16N6/c17-9-10-5-7-11(8-6-10)14-12-3-1-2-4-13(12)20-16(21-14)22-15(18)19/h1-8H,9,17H2,(H4,18,19,20,21,22). The third-order valence-electron chi connectivity index (χ3n) is 3.28. The number of nitrogens with zero attached hydrogens (tertiary/aromatic N) is 3. The summed E-state index contributed by atoms with van der Waals surface area (Å²) in [6, 6.07) is 15.7. The van der Waals surface area contributed by atoms with Crippen molar-refractivity contribution in [2.24, 2.45) is 22.2 Å². The van der Waals surface area contributed by atoms with Gasteiger partial charge in [0.2, 0.25) is 0 Å². The molecule has 22 heavy (non-hydrogen) atoms. The summed E-state index contributed by atoms with van der Waals surface area (Å²) in [7, 11) is 0. The van der Waals surface area contributed by atoms with E-state index in [1.54, 1.807) is 0 Å². The van der Waals surface area contributed by atoms with Gasteiger partial charge in [-0.2, -0.15) is 4.99 Å². The minimum Gasteiger partial charge on any atom is -0.370 e. The Morgan fingerprint density at radius 2 is 1.68 bits per heavy atom. The molecule has 0 aliphatic rings. The second kappa shape index (κ2) is 5.79. The van der Waals surface area contributed by atoms with Crippen molar-refractivity contribution in [3.63, 3.8) is 0 Å². The molecule has 0 unspecified atom stereocenters. The maximum absolute atomic E-state index is 5.64. The van der Waals surface area contributed by atoms with Gasteiger partial charge < -0.3 is 17.2 Å². The molecule has 1 heterocycles. The molecule has 0 aliphatic heterocycles. The van der Waals surface area contributed by atoms with E-state index in [1.807, 2.05) is 48.5 Å². The van der Waals surface area contributed by atoms with Crippen molar-refractivity contribution >= 4 is 22.8 Å². The van der Waals surface area contributed by atoms with Gasteiger partial charge in [0.25, 0.3) is 5.95 Å². The first-order valence-electron chi connectivity index (χ1n) is 6.83. The lowest BCUT2D eigenvalue weighted by Crippen LogP contribution is -2.22. The van der Waals surface area contributed by atoms with E-state index < -0.39 is 0 Å². The Bertz CT molecular complexity index is 835. The van der Waals surface area contributed by atoms with Crippen LogP contribution in [0.5, 0.6) is 0 Å². The Morgan fingerprint density at radius 1 is 0.955 bits per heavy atom. The average Bonchev–Trinajstić information content (AvgIpc) is 2.53. The molecule has 0 fully saturated rings. The van der Waals surface area contributed by atoms with Crippen molar-refractivity contribution in [1.29, 1.82) is 0 Å². The normalized spacial score (nSPS) is 10.6. The molecule has 110 valence electrons. The maximum atomic E-state index is 5.64. The third kappa shape index (κ3) is 2.72. The molecule has 0 saturated heterocycles. The second-order valence-electron chi connectivity index (χ2n) is 4.83. The summed E-state index contributed by atoms with van der Waals surface area (Å²) in [5, 5.41) is 0.942. The highest BCUT2D eigenvalue weighted by Crippen LogP contribution is 2.28. The van der Waals surface area contributed by atoms with E-state index in [0.29, 0.717) is 6.54 Å². The highest BCUT2D eigenvalue weighted by Gasteiger charge is 2.09. The van der Waals surface area contributed by atoms with Crippen LogP contribution in [0.25, 0.3) is 22.2 Å². The van der Waals surface area contributed by atoms with E-state index in [4.69, 9.17) is 17.2 Å². The van der Waals surface area contributed by atoms with Crippen LogP contribution < -0.4 is 17.2 Å². The summed E-state index contributed by atoms with van der Waals surface area (Å²) >= 11 is 0. The van der Waals surface area contributed by atoms with Crippen molar-refractivity contribution in [2.75, 3.05) is 0 Å². The fourth-order valence-electron chi connectivity index (χ4n) is 2.25. The largest absolute Gasteiger partial charge is 0.370 e. The quantitative estimate of drug-likeness (QED) is 0.501. The highest BCUT2D eigenvalue weighted by atomic mass is 15.1. The van der Waals surface area contributed by atoms with E-state index in [2.05, 4.69) is 15.0 Å². The number of aromatic nitrogens is 2. The van der Waals surface area contributed by atoms with E-state index in [9.17, 15) is 0 Å². The predicted octanol–water partition coefficient (Wildman–Crippen LogP) is 1.66. The van der Waals surface area contributed by atoms with E-state index in [1.165, 1.54) is 0 Å². The monoisotopic (exact) mass is 292 g/mol. The van der Waals surface area contributed by atoms with Gasteiger partial charge in [0.1, 0.15) is 0 Å². The first-order valence-corrected chi connectivity index (χ1v) is 6.83.